The van der Waals surface area contributed by atoms with E-state index >= 15 is 0 Å². The minimum Gasteiger partial charge on any atom is -0.327 e. The molecular weight excluding hydrogens is 336 g/mol. The Morgan fingerprint density at radius 3 is 2.67 bits per heavy atom. The lowest BCUT2D eigenvalue weighted by molar-refractivity contribution is -0.902. The summed E-state index contributed by atoms with van der Waals surface area (Å²) < 4.78 is 1.91. The zero-order chi connectivity index (χ0) is 18.8. The van der Waals surface area contributed by atoms with Gasteiger partial charge in [-0.1, -0.05) is 31.0 Å². The number of para-hydroxylation sites is 1. The SMILES string of the molecule is Cc1nn(-c2ccccc2)c(C)c1NC(=O)C[NH+]1CC[C@@H]2CCCC[C@@H]2C1. The van der Waals surface area contributed by atoms with Crippen molar-refractivity contribution >= 4 is 11.6 Å². The van der Waals surface area contributed by atoms with Crippen LogP contribution in [-0.4, -0.2) is 35.3 Å². The number of aryl methyl sites for hydroxylation is 1. The molecule has 5 nitrogen and oxygen atoms in total. The minimum absolute atomic E-state index is 0.109. The molecule has 2 aliphatic rings. The van der Waals surface area contributed by atoms with Crippen molar-refractivity contribution in [1.82, 2.24) is 9.78 Å². The summed E-state index contributed by atoms with van der Waals surface area (Å²) in [5.41, 5.74) is 3.72. The average molecular weight is 368 g/mol. The topological polar surface area (TPSA) is 51.4 Å². The Bertz CT molecular complexity index is 798. The highest BCUT2D eigenvalue weighted by Crippen LogP contribution is 2.32. The van der Waals surface area contributed by atoms with Crippen LogP contribution in [0.1, 0.15) is 43.5 Å². The average Bonchev–Trinajstić information content (AvgIpc) is 2.97. The minimum atomic E-state index is 0.109. The lowest BCUT2D eigenvalue weighted by Crippen LogP contribution is -3.15. The second kappa shape index (κ2) is 7.85. The maximum atomic E-state index is 12.7. The van der Waals surface area contributed by atoms with Gasteiger partial charge in [-0.05, 0) is 51.2 Å². The Balaban J connectivity index is 1.41. The van der Waals surface area contributed by atoms with E-state index in [-0.39, 0.29) is 5.91 Å². The lowest BCUT2D eigenvalue weighted by Gasteiger charge is -2.38. The Hall–Kier alpha value is -2.14. The lowest BCUT2D eigenvalue weighted by atomic mass is 9.75. The fourth-order valence-electron chi connectivity index (χ4n) is 5.01. The molecule has 0 spiro atoms. The number of rotatable bonds is 4. The van der Waals surface area contributed by atoms with E-state index in [4.69, 9.17) is 0 Å². The summed E-state index contributed by atoms with van der Waals surface area (Å²) in [6.07, 6.45) is 6.83. The standard InChI is InChI=1S/C22H30N4O/c1-16-22(17(2)26(24-16)20-10-4-3-5-11-20)23-21(27)15-25-13-12-18-8-6-7-9-19(18)14-25/h3-5,10-11,18-19H,6-9,12-15H2,1-2H3,(H,23,27)/p+1/t18-,19+/m0/s1. The molecule has 2 fully saturated rings. The number of aromatic nitrogens is 2. The summed E-state index contributed by atoms with van der Waals surface area (Å²) in [6.45, 7) is 6.85. The molecule has 0 bridgehead atoms. The first-order chi connectivity index (χ1) is 13.1. The molecule has 1 aliphatic carbocycles. The molecule has 2 N–H and O–H groups in total. The Labute approximate surface area is 161 Å². The number of quaternary nitrogens is 1. The van der Waals surface area contributed by atoms with Crippen LogP contribution in [-0.2, 0) is 4.79 Å². The molecule has 1 aromatic heterocycles. The van der Waals surface area contributed by atoms with Crippen LogP contribution in [0.15, 0.2) is 30.3 Å². The molecule has 144 valence electrons. The summed E-state index contributed by atoms with van der Waals surface area (Å²) in [4.78, 5) is 14.2. The molecule has 0 radical (unpaired) electrons. The number of piperidine rings is 1. The number of anilines is 1. The van der Waals surface area contributed by atoms with Crippen molar-refractivity contribution in [2.24, 2.45) is 11.8 Å². The first-order valence-electron chi connectivity index (χ1n) is 10.4. The van der Waals surface area contributed by atoms with Gasteiger partial charge in [0.25, 0.3) is 5.91 Å². The highest BCUT2D eigenvalue weighted by atomic mass is 16.2. The molecule has 1 amide bonds. The molecular formula is C22H31N4O+. The van der Waals surface area contributed by atoms with Gasteiger partial charge >= 0.3 is 0 Å². The number of hydrogen-bond acceptors (Lipinski definition) is 2. The van der Waals surface area contributed by atoms with Gasteiger partial charge in [-0.15, -0.1) is 0 Å². The first kappa shape index (κ1) is 18.2. The molecule has 2 heterocycles. The molecule has 27 heavy (non-hydrogen) atoms. The van der Waals surface area contributed by atoms with E-state index in [1.807, 2.05) is 48.9 Å². The van der Waals surface area contributed by atoms with Crippen molar-refractivity contribution in [3.05, 3.63) is 41.7 Å². The van der Waals surface area contributed by atoms with Crippen LogP contribution < -0.4 is 10.2 Å². The van der Waals surface area contributed by atoms with Gasteiger partial charge in [0, 0.05) is 5.92 Å². The Morgan fingerprint density at radius 1 is 1.15 bits per heavy atom. The van der Waals surface area contributed by atoms with Crippen LogP contribution in [0.5, 0.6) is 0 Å². The van der Waals surface area contributed by atoms with Crippen molar-refractivity contribution in [1.29, 1.82) is 0 Å². The summed E-state index contributed by atoms with van der Waals surface area (Å²) in [5.74, 6) is 1.86. The Kier molecular flexibility index (Phi) is 5.30. The fourth-order valence-corrected chi connectivity index (χ4v) is 5.01. The van der Waals surface area contributed by atoms with Crippen molar-refractivity contribution in [3.8, 4) is 5.69 Å². The fraction of sp³-hybridized carbons (Fsp3) is 0.545. The zero-order valence-corrected chi connectivity index (χ0v) is 16.5. The molecule has 2 aromatic rings. The maximum Gasteiger partial charge on any atom is 0.279 e. The number of amides is 1. The largest absolute Gasteiger partial charge is 0.327 e. The van der Waals surface area contributed by atoms with Crippen molar-refractivity contribution in [2.75, 3.05) is 25.0 Å². The van der Waals surface area contributed by atoms with Crippen LogP contribution in [0.3, 0.4) is 0 Å². The predicted octanol–water partition coefficient (Wildman–Crippen LogP) is 2.52. The summed E-state index contributed by atoms with van der Waals surface area (Å²) in [7, 11) is 0. The van der Waals surface area contributed by atoms with Crippen LogP contribution in [0.2, 0.25) is 0 Å². The van der Waals surface area contributed by atoms with E-state index in [1.165, 1.54) is 43.5 Å². The third-order valence-electron chi connectivity index (χ3n) is 6.45. The second-order valence-corrected chi connectivity index (χ2v) is 8.32. The number of nitrogens with zero attached hydrogens (tertiary/aromatic N) is 2. The van der Waals surface area contributed by atoms with E-state index in [2.05, 4.69) is 10.4 Å². The van der Waals surface area contributed by atoms with Gasteiger partial charge in [0.05, 0.1) is 35.9 Å². The number of hydrogen-bond donors (Lipinski definition) is 2. The third-order valence-corrected chi connectivity index (χ3v) is 6.45. The summed E-state index contributed by atoms with van der Waals surface area (Å²) >= 11 is 0. The number of nitrogens with one attached hydrogen (secondary N) is 2. The van der Waals surface area contributed by atoms with Crippen molar-refractivity contribution in [2.45, 2.75) is 46.0 Å². The van der Waals surface area contributed by atoms with Crippen molar-refractivity contribution in [3.63, 3.8) is 0 Å². The van der Waals surface area contributed by atoms with Gasteiger partial charge in [0.15, 0.2) is 6.54 Å². The predicted molar refractivity (Wildman–Crippen MR) is 107 cm³/mol. The van der Waals surface area contributed by atoms with E-state index in [1.54, 1.807) is 0 Å². The number of fused-ring (bicyclic) bond motifs is 1. The molecule has 1 unspecified atom stereocenters. The van der Waals surface area contributed by atoms with E-state index < -0.39 is 0 Å². The van der Waals surface area contributed by atoms with E-state index in [9.17, 15) is 4.79 Å². The van der Waals surface area contributed by atoms with Crippen LogP contribution in [0.25, 0.3) is 5.69 Å². The van der Waals surface area contributed by atoms with E-state index in [0.29, 0.717) is 6.54 Å². The number of carbonyl (C=O) groups excluding carboxylic acids is 1. The van der Waals surface area contributed by atoms with Gasteiger partial charge in [0.2, 0.25) is 0 Å². The zero-order valence-electron chi connectivity index (χ0n) is 16.5. The normalized spacial score (nSPS) is 25.0. The molecule has 4 rings (SSSR count). The molecule has 3 atom stereocenters. The third kappa shape index (κ3) is 3.93. The van der Waals surface area contributed by atoms with E-state index in [0.717, 1.165) is 41.1 Å². The molecule has 1 saturated carbocycles. The maximum absolute atomic E-state index is 12.7. The number of carbonyl (C=O) groups is 1. The van der Waals surface area contributed by atoms with Crippen LogP contribution >= 0.6 is 0 Å². The molecule has 1 aliphatic heterocycles. The molecule has 1 saturated heterocycles. The second-order valence-electron chi connectivity index (χ2n) is 8.32. The number of benzene rings is 1. The van der Waals surface area contributed by atoms with Crippen LogP contribution in [0.4, 0.5) is 5.69 Å². The van der Waals surface area contributed by atoms with Crippen LogP contribution in [0, 0.1) is 25.7 Å². The Morgan fingerprint density at radius 2 is 1.89 bits per heavy atom. The molecule has 1 aromatic carbocycles. The first-order valence-corrected chi connectivity index (χ1v) is 10.4. The van der Waals surface area contributed by atoms with Gasteiger partial charge in [-0.25, -0.2) is 4.68 Å². The summed E-state index contributed by atoms with van der Waals surface area (Å²) in [6, 6.07) is 10.1. The molecule has 5 heteroatoms. The smallest absolute Gasteiger partial charge is 0.279 e. The number of likely N-dealkylation sites (tertiary alicyclic amines) is 1. The van der Waals surface area contributed by atoms with Gasteiger partial charge in [0.1, 0.15) is 0 Å². The van der Waals surface area contributed by atoms with Gasteiger partial charge in [-0.3, -0.25) is 4.79 Å². The summed E-state index contributed by atoms with van der Waals surface area (Å²) in [5, 5.41) is 7.77. The van der Waals surface area contributed by atoms with Crippen molar-refractivity contribution < 1.29 is 9.69 Å². The highest BCUT2D eigenvalue weighted by Gasteiger charge is 2.34. The van der Waals surface area contributed by atoms with Gasteiger partial charge in [-0.2, -0.15) is 5.10 Å². The monoisotopic (exact) mass is 367 g/mol. The van der Waals surface area contributed by atoms with Gasteiger partial charge < -0.3 is 10.2 Å². The highest BCUT2D eigenvalue weighted by molar-refractivity contribution is 5.92. The quantitative estimate of drug-likeness (QED) is 0.872.